The quantitative estimate of drug-likeness (QED) is 0.428. The maximum Gasteiger partial charge on any atom is 0.240 e. The van der Waals surface area contributed by atoms with Crippen molar-refractivity contribution in [3.63, 3.8) is 0 Å². The average molecular weight is 421 g/mol. The molecule has 0 fully saturated rings. The molecular weight excluding hydrogens is 396 g/mol. The third-order valence-corrected chi connectivity index (χ3v) is 6.61. The van der Waals surface area contributed by atoms with Gasteiger partial charge < -0.3 is 5.32 Å². The van der Waals surface area contributed by atoms with Crippen LogP contribution in [0.1, 0.15) is 12.5 Å². The molecule has 0 saturated carbocycles. The van der Waals surface area contributed by atoms with Crippen molar-refractivity contribution < 1.29 is 8.42 Å². The zero-order valence-corrected chi connectivity index (χ0v) is 17.6. The van der Waals surface area contributed by atoms with Crippen LogP contribution in [0.5, 0.6) is 0 Å². The van der Waals surface area contributed by atoms with E-state index in [4.69, 9.17) is 0 Å². The number of nitrogens with zero attached hydrogens (tertiary/aromatic N) is 2. The number of benzene rings is 2. The molecule has 6 nitrogen and oxygen atoms in total. The Hall–Kier alpha value is -2.87. The van der Waals surface area contributed by atoms with Gasteiger partial charge in [0, 0.05) is 48.1 Å². The molecule has 7 heteroatoms. The van der Waals surface area contributed by atoms with Gasteiger partial charge in [-0.15, -0.1) is 0 Å². The van der Waals surface area contributed by atoms with Crippen molar-refractivity contribution in [3.05, 3.63) is 78.9 Å². The lowest BCUT2D eigenvalue weighted by atomic mass is 10.1. The Morgan fingerprint density at radius 3 is 2.27 bits per heavy atom. The van der Waals surface area contributed by atoms with Gasteiger partial charge >= 0.3 is 0 Å². The Morgan fingerprint density at radius 1 is 0.867 bits per heavy atom. The molecule has 2 aromatic heterocycles. The highest BCUT2D eigenvalue weighted by Crippen LogP contribution is 2.18. The van der Waals surface area contributed by atoms with Crippen LogP contribution in [0.15, 0.2) is 78.2 Å². The van der Waals surface area contributed by atoms with Crippen molar-refractivity contribution in [2.24, 2.45) is 0 Å². The minimum absolute atomic E-state index is 0.231. The molecule has 0 bridgehead atoms. The number of rotatable bonds is 8. The van der Waals surface area contributed by atoms with E-state index in [1.807, 2.05) is 25.3 Å². The van der Waals surface area contributed by atoms with Crippen LogP contribution in [-0.2, 0) is 16.4 Å². The van der Waals surface area contributed by atoms with Gasteiger partial charge in [-0.1, -0.05) is 24.3 Å². The van der Waals surface area contributed by atoms with E-state index in [9.17, 15) is 8.42 Å². The molecule has 2 heterocycles. The summed E-state index contributed by atoms with van der Waals surface area (Å²) in [6, 6.07) is 15.0. The van der Waals surface area contributed by atoms with Gasteiger partial charge in [-0.25, -0.2) is 13.1 Å². The molecule has 0 amide bonds. The minimum Gasteiger partial charge on any atom is -0.315 e. The highest BCUT2D eigenvalue weighted by atomic mass is 32.2. The molecule has 0 aliphatic heterocycles. The second-order valence-electron chi connectivity index (χ2n) is 7.42. The monoisotopic (exact) mass is 420 g/mol. The summed E-state index contributed by atoms with van der Waals surface area (Å²) in [5, 5.41) is 7.41. The first-order valence-corrected chi connectivity index (χ1v) is 11.4. The summed E-state index contributed by atoms with van der Waals surface area (Å²) in [4.78, 5) is 8.45. The van der Waals surface area contributed by atoms with Crippen LogP contribution in [0.25, 0.3) is 21.5 Å². The van der Waals surface area contributed by atoms with Gasteiger partial charge in [-0.2, -0.15) is 0 Å². The predicted octanol–water partition coefficient (Wildman–Crippen LogP) is 3.28. The van der Waals surface area contributed by atoms with Gasteiger partial charge in [0.15, 0.2) is 0 Å². The van der Waals surface area contributed by atoms with Gasteiger partial charge in [0.2, 0.25) is 10.0 Å². The molecular formula is C23H24N4O2S. The standard InChI is InChI=1S/C23H24N4O2S/c1-17(14-24-9-6-18-2-3-21-15-25-10-7-19(21)12-18)27-30(28,29)23-5-4-22-16-26-11-8-20(22)13-23/h2-5,7-8,10-13,15-17,24,27H,6,9,14H2,1H3. The van der Waals surface area contributed by atoms with Crippen LogP contribution in [0.2, 0.25) is 0 Å². The molecule has 0 aliphatic rings. The molecule has 1 unspecified atom stereocenters. The lowest BCUT2D eigenvalue weighted by Crippen LogP contribution is -2.40. The van der Waals surface area contributed by atoms with Crippen LogP contribution >= 0.6 is 0 Å². The van der Waals surface area contributed by atoms with E-state index in [0.717, 1.165) is 29.1 Å². The number of sulfonamides is 1. The summed E-state index contributed by atoms with van der Waals surface area (Å²) in [5.41, 5.74) is 1.24. The second-order valence-corrected chi connectivity index (χ2v) is 9.13. The number of pyridine rings is 2. The van der Waals surface area contributed by atoms with E-state index in [0.29, 0.717) is 6.54 Å². The van der Waals surface area contributed by atoms with Gasteiger partial charge in [-0.05, 0) is 60.5 Å². The van der Waals surface area contributed by atoms with Crippen LogP contribution in [0, 0.1) is 0 Å². The Morgan fingerprint density at radius 2 is 1.53 bits per heavy atom. The van der Waals surface area contributed by atoms with Crippen LogP contribution in [0.4, 0.5) is 0 Å². The Labute approximate surface area is 176 Å². The Bertz CT molecular complexity index is 1270. The Balaban J connectivity index is 1.30. The highest BCUT2D eigenvalue weighted by Gasteiger charge is 2.17. The third kappa shape index (κ3) is 4.81. The maximum atomic E-state index is 12.7. The smallest absolute Gasteiger partial charge is 0.240 e. The molecule has 0 radical (unpaired) electrons. The highest BCUT2D eigenvalue weighted by molar-refractivity contribution is 7.89. The van der Waals surface area contributed by atoms with Crippen molar-refractivity contribution in [1.29, 1.82) is 0 Å². The van der Waals surface area contributed by atoms with E-state index >= 15 is 0 Å². The molecule has 0 saturated heterocycles. The van der Waals surface area contributed by atoms with Crippen LogP contribution in [0.3, 0.4) is 0 Å². The van der Waals surface area contributed by atoms with Crippen molar-refractivity contribution in [1.82, 2.24) is 20.0 Å². The first-order valence-electron chi connectivity index (χ1n) is 9.91. The number of hydrogen-bond donors (Lipinski definition) is 2. The fourth-order valence-corrected chi connectivity index (χ4v) is 4.72. The summed E-state index contributed by atoms with van der Waals surface area (Å²) in [7, 11) is -3.58. The summed E-state index contributed by atoms with van der Waals surface area (Å²) >= 11 is 0. The first-order chi connectivity index (χ1) is 14.5. The number of fused-ring (bicyclic) bond motifs is 2. The lowest BCUT2D eigenvalue weighted by Gasteiger charge is -2.15. The number of aromatic nitrogens is 2. The number of hydrogen-bond acceptors (Lipinski definition) is 5. The maximum absolute atomic E-state index is 12.7. The summed E-state index contributed by atoms with van der Waals surface area (Å²) in [6.07, 6.45) is 7.90. The largest absolute Gasteiger partial charge is 0.315 e. The molecule has 4 rings (SSSR count). The lowest BCUT2D eigenvalue weighted by molar-refractivity contribution is 0.537. The summed E-state index contributed by atoms with van der Waals surface area (Å²) in [5.74, 6) is 0. The molecule has 0 aliphatic carbocycles. The van der Waals surface area contributed by atoms with E-state index in [2.05, 4.69) is 38.2 Å². The van der Waals surface area contributed by atoms with E-state index in [-0.39, 0.29) is 10.9 Å². The van der Waals surface area contributed by atoms with Crippen LogP contribution < -0.4 is 10.0 Å². The summed E-state index contributed by atoms with van der Waals surface area (Å²) < 4.78 is 28.2. The van der Waals surface area contributed by atoms with Gasteiger partial charge in [-0.3, -0.25) is 9.97 Å². The normalized spacial score (nSPS) is 13.0. The van der Waals surface area contributed by atoms with Gasteiger partial charge in [0.25, 0.3) is 0 Å². The molecule has 2 aromatic carbocycles. The molecule has 154 valence electrons. The minimum atomic E-state index is -3.58. The predicted molar refractivity (Wildman–Crippen MR) is 120 cm³/mol. The number of nitrogens with one attached hydrogen (secondary N) is 2. The molecule has 30 heavy (non-hydrogen) atoms. The third-order valence-electron chi connectivity index (χ3n) is 5.02. The molecule has 1 atom stereocenters. The topological polar surface area (TPSA) is 84.0 Å². The fourth-order valence-electron chi connectivity index (χ4n) is 3.44. The van der Waals surface area contributed by atoms with Crippen molar-refractivity contribution in [2.45, 2.75) is 24.3 Å². The van der Waals surface area contributed by atoms with Crippen LogP contribution in [-0.4, -0.2) is 37.5 Å². The zero-order chi connectivity index (χ0) is 21.0. The Kier molecular flexibility index (Phi) is 6.03. The van der Waals surface area contributed by atoms with E-state index in [1.165, 1.54) is 10.9 Å². The van der Waals surface area contributed by atoms with E-state index in [1.54, 1.807) is 36.8 Å². The molecule has 2 N–H and O–H groups in total. The SMILES string of the molecule is CC(CNCCc1ccc2cnccc2c1)NS(=O)(=O)c1ccc2cnccc2c1. The van der Waals surface area contributed by atoms with Crippen molar-refractivity contribution in [3.8, 4) is 0 Å². The zero-order valence-electron chi connectivity index (χ0n) is 16.7. The van der Waals surface area contributed by atoms with Gasteiger partial charge in [0.1, 0.15) is 0 Å². The second kappa shape index (κ2) is 8.87. The molecule has 4 aromatic rings. The first kappa shape index (κ1) is 20.4. The van der Waals surface area contributed by atoms with Gasteiger partial charge in [0.05, 0.1) is 4.90 Å². The summed E-state index contributed by atoms with van der Waals surface area (Å²) in [6.45, 7) is 3.18. The fraction of sp³-hybridized carbons (Fsp3) is 0.217. The molecule has 0 spiro atoms. The van der Waals surface area contributed by atoms with Crippen molar-refractivity contribution >= 4 is 31.6 Å². The van der Waals surface area contributed by atoms with Crippen molar-refractivity contribution in [2.75, 3.05) is 13.1 Å². The average Bonchev–Trinajstić information content (AvgIpc) is 2.76. The van der Waals surface area contributed by atoms with E-state index < -0.39 is 10.0 Å².